The first kappa shape index (κ1) is 15.0. The van der Waals surface area contributed by atoms with E-state index in [1.54, 1.807) is 18.5 Å². The number of benzene rings is 1. The number of nitrogens with zero attached hydrogens (tertiary/aromatic N) is 3. The fourth-order valence-corrected chi connectivity index (χ4v) is 2.73. The number of aryl methyl sites for hydroxylation is 1. The quantitative estimate of drug-likeness (QED) is 0.911. The van der Waals surface area contributed by atoms with Crippen molar-refractivity contribution in [2.24, 2.45) is 7.05 Å². The van der Waals surface area contributed by atoms with E-state index in [1.165, 1.54) is 12.1 Å². The zero-order chi connectivity index (χ0) is 15.6. The minimum Gasteiger partial charge on any atom is -0.490 e. The lowest BCUT2D eigenvalue weighted by Gasteiger charge is -2.23. The van der Waals surface area contributed by atoms with Crippen molar-refractivity contribution in [3.63, 3.8) is 0 Å². The maximum Gasteiger partial charge on any atom is 0.126 e. The van der Waals surface area contributed by atoms with Gasteiger partial charge in [0.15, 0.2) is 0 Å². The highest BCUT2D eigenvalue weighted by Crippen LogP contribution is 2.24. The van der Waals surface area contributed by atoms with Crippen molar-refractivity contribution in [3.05, 3.63) is 48.3 Å². The van der Waals surface area contributed by atoms with E-state index < -0.39 is 5.60 Å². The van der Waals surface area contributed by atoms with E-state index in [1.807, 2.05) is 17.8 Å². The summed E-state index contributed by atoms with van der Waals surface area (Å²) < 4.78 is 20.6. The molecule has 1 aliphatic rings. The average molecular weight is 305 g/mol. The van der Waals surface area contributed by atoms with Crippen molar-refractivity contribution in [1.82, 2.24) is 14.5 Å². The predicted molar refractivity (Wildman–Crippen MR) is 79.9 cm³/mol. The van der Waals surface area contributed by atoms with Crippen LogP contribution in [0.15, 0.2) is 36.8 Å². The standard InChI is InChI=1S/C16H20FN3O2/c1-19-12-18-8-14(19)9-20-6-5-16(21,10-20)11-22-15-4-2-3-13(17)7-15/h2-4,7-8,12,21H,5-6,9-11H2,1H3. The lowest BCUT2D eigenvalue weighted by Crippen LogP contribution is -2.39. The van der Waals surface area contributed by atoms with Gasteiger partial charge in [0.25, 0.3) is 0 Å². The number of imidazole rings is 1. The first-order chi connectivity index (χ1) is 10.5. The Balaban J connectivity index is 1.55. The molecule has 1 atom stereocenters. The van der Waals surface area contributed by atoms with Gasteiger partial charge in [0.1, 0.15) is 23.8 Å². The van der Waals surface area contributed by atoms with Crippen LogP contribution >= 0.6 is 0 Å². The molecule has 1 N–H and O–H groups in total. The molecule has 118 valence electrons. The Bertz CT molecular complexity index is 646. The molecule has 1 aromatic carbocycles. The molecule has 0 spiro atoms. The molecule has 5 nitrogen and oxygen atoms in total. The zero-order valence-corrected chi connectivity index (χ0v) is 12.6. The van der Waals surface area contributed by atoms with Crippen molar-refractivity contribution < 1.29 is 14.2 Å². The highest BCUT2D eigenvalue weighted by molar-refractivity contribution is 5.22. The van der Waals surface area contributed by atoms with Gasteiger partial charge < -0.3 is 14.4 Å². The fourth-order valence-electron chi connectivity index (χ4n) is 2.73. The lowest BCUT2D eigenvalue weighted by atomic mass is 10.1. The number of aliphatic hydroxyl groups is 1. The van der Waals surface area contributed by atoms with Crippen LogP contribution in [0.5, 0.6) is 5.75 Å². The number of rotatable bonds is 5. The van der Waals surface area contributed by atoms with Gasteiger partial charge in [-0.2, -0.15) is 0 Å². The minimum absolute atomic E-state index is 0.165. The molecule has 1 aromatic heterocycles. The van der Waals surface area contributed by atoms with Gasteiger partial charge in [0.05, 0.1) is 12.0 Å². The summed E-state index contributed by atoms with van der Waals surface area (Å²) in [5.41, 5.74) is 0.209. The summed E-state index contributed by atoms with van der Waals surface area (Å²) in [6.07, 6.45) is 4.24. The summed E-state index contributed by atoms with van der Waals surface area (Å²) in [5, 5.41) is 10.6. The van der Waals surface area contributed by atoms with Crippen molar-refractivity contribution in [2.75, 3.05) is 19.7 Å². The number of halogens is 1. The Morgan fingerprint density at radius 1 is 1.45 bits per heavy atom. The van der Waals surface area contributed by atoms with E-state index in [4.69, 9.17) is 4.74 Å². The second-order valence-corrected chi connectivity index (χ2v) is 5.93. The van der Waals surface area contributed by atoms with Gasteiger partial charge in [0, 0.05) is 38.9 Å². The summed E-state index contributed by atoms with van der Waals surface area (Å²) in [6.45, 7) is 2.25. The minimum atomic E-state index is -0.898. The molecule has 1 aliphatic heterocycles. The highest BCUT2D eigenvalue weighted by Gasteiger charge is 2.37. The Morgan fingerprint density at radius 2 is 2.32 bits per heavy atom. The third-order valence-electron chi connectivity index (χ3n) is 4.02. The second-order valence-electron chi connectivity index (χ2n) is 5.93. The van der Waals surface area contributed by atoms with Crippen LogP contribution in [-0.2, 0) is 13.6 Å². The van der Waals surface area contributed by atoms with Crippen LogP contribution in [0.25, 0.3) is 0 Å². The number of likely N-dealkylation sites (tertiary alicyclic amines) is 1. The molecule has 0 bridgehead atoms. The molecule has 0 saturated carbocycles. The van der Waals surface area contributed by atoms with Crippen LogP contribution in [-0.4, -0.2) is 44.9 Å². The number of aromatic nitrogens is 2. The van der Waals surface area contributed by atoms with Crippen LogP contribution in [0, 0.1) is 5.82 Å². The zero-order valence-electron chi connectivity index (χ0n) is 12.6. The Morgan fingerprint density at radius 3 is 3.05 bits per heavy atom. The normalized spacial score (nSPS) is 22.1. The largest absolute Gasteiger partial charge is 0.490 e. The molecule has 1 unspecified atom stereocenters. The lowest BCUT2D eigenvalue weighted by molar-refractivity contribution is 0.00316. The third kappa shape index (κ3) is 3.45. The Kier molecular flexibility index (Phi) is 4.13. The molecule has 1 fully saturated rings. The number of β-amino-alcohol motifs (C(OH)–C–C–N with tert-alkyl or cyclic N) is 1. The summed E-state index contributed by atoms with van der Waals surface area (Å²) in [4.78, 5) is 6.27. The van der Waals surface area contributed by atoms with Gasteiger partial charge in [0.2, 0.25) is 0 Å². The van der Waals surface area contributed by atoms with Gasteiger partial charge in [-0.25, -0.2) is 9.37 Å². The Labute approximate surface area is 129 Å². The van der Waals surface area contributed by atoms with E-state index in [9.17, 15) is 9.50 Å². The van der Waals surface area contributed by atoms with E-state index in [0.29, 0.717) is 18.7 Å². The summed E-state index contributed by atoms with van der Waals surface area (Å²) in [7, 11) is 1.96. The molecule has 0 amide bonds. The molecule has 3 rings (SSSR count). The summed E-state index contributed by atoms with van der Waals surface area (Å²) in [6, 6.07) is 5.98. The molecular formula is C16H20FN3O2. The van der Waals surface area contributed by atoms with E-state index >= 15 is 0 Å². The SMILES string of the molecule is Cn1cncc1CN1CCC(O)(COc2cccc(F)c2)C1. The van der Waals surface area contributed by atoms with Crippen molar-refractivity contribution in [3.8, 4) is 5.75 Å². The number of hydrogen-bond acceptors (Lipinski definition) is 4. The molecular weight excluding hydrogens is 285 g/mol. The maximum atomic E-state index is 13.1. The summed E-state index contributed by atoms with van der Waals surface area (Å²) >= 11 is 0. The molecule has 0 aliphatic carbocycles. The molecule has 2 heterocycles. The van der Waals surface area contributed by atoms with Gasteiger partial charge >= 0.3 is 0 Å². The molecule has 22 heavy (non-hydrogen) atoms. The van der Waals surface area contributed by atoms with Crippen LogP contribution in [0.3, 0.4) is 0 Å². The second kappa shape index (κ2) is 6.06. The molecule has 0 radical (unpaired) electrons. The van der Waals surface area contributed by atoms with Crippen molar-refractivity contribution in [1.29, 1.82) is 0 Å². The first-order valence-electron chi connectivity index (χ1n) is 7.32. The van der Waals surface area contributed by atoms with Gasteiger partial charge in [-0.15, -0.1) is 0 Å². The Hall–Kier alpha value is -1.92. The fraction of sp³-hybridized carbons (Fsp3) is 0.438. The molecule has 6 heteroatoms. The smallest absolute Gasteiger partial charge is 0.126 e. The molecule has 2 aromatic rings. The van der Waals surface area contributed by atoms with Crippen molar-refractivity contribution in [2.45, 2.75) is 18.6 Å². The van der Waals surface area contributed by atoms with Crippen LogP contribution in [0.2, 0.25) is 0 Å². The van der Waals surface area contributed by atoms with Gasteiger partial charge in [-0.3, -0.25) is 4.90 Å². The van der Waals surface area contributed by atoms with E-state index in [-0.39, 0.29) is 12.4 Å². The topological polar surface area (TPSA) is 50.5 Å². The van der Waals surface area contributed by atoms with Crippen LogP contribution in [0.4, 0.5) is 4.39 Å². The predicted octanol–water partition coefficient (Wildman–Crippen LogP) is 1.57. The third-order valence-corrected chi connectivity index (χ3v) is 4.02. The van der Waals surface area contributed by atoms with E-state index in [0.717, 1.165) is 18.8 Å². The number of ether oxygens (including phenoxy) is 1. The first-order valence-corrected chi connectivity index (χ1v) is 7.32. The van der Waals surface area contributed by atoms with E-state index in [2.05, 4.69) is 9.88 Å². The van der Waals surface area contributed by atoms with Crippen LogP contribution < -0.4 is 4.74 Å². The van der Waals surface area contributed by atoms with Gasteiger partial charge in [-0.1, -0.05) is 6.07 Å². The summed E-state index contributed by atoms with van der Waals surface area (Å²) in [5.74, 6) is 0.104. The highest BCUT2D eigenvalue weighted by atomic mass is 19.1. The monoisotopic (exact) mass is 305 g/mol. The maximum absolute atomic E-state index is 13.1. The van der Waals surface area contributed by atoms with Crippen molar-refractivity contribution >= 4 is 0 Å². The molecule has 1 saturated heterocycles. The number of hydrogen-bond donors (Lipinski definition) is 1. The average Bonchev–Trinajstić information content (AvgIpc) is 3.05. The van der Waals surface area contributed by atoms with Crippen LogP contribution in [0.1, 0.15) is 12.1 Å². The van der Waals surface area contributed by atoms with Gasteiger partial charge in [-0.05, 0) is 18.6 Å².